The number of aryl methyl sites for hydroxylation is 2. The molecule has 0 bridgehead atoms. The molecule has 1 heterocycles. The topological polar surface area (TPSA) is 94.6 Å². The second-order valence-electron chi connectivity index (χ2n) is 8.64. The van der Waals surface area contributed by atoms with Gasteiger partial charge in [0.25, 0.3) is 5.56 Å². The fourth-order valence-corrected chi connectivity index (χ4v) is 4.01. The third kappa shape index (κ3) is 5.50. The highest BCUT2D eigenvalue weighted by atomic mass is 19.4. The number of ether oxygens (including phenoxy) is 1. The third-order valence-corrected chi connectivity index (χ3v) is 5.94. The van der Waals surface area contributed by atoms with Crippen LogP contribution in [0.4, 0.5) is 18.9 Å². The highest BCUT2D eigenvalue weighted by Crippen LogP contribution is 2.35. The summed E-state index contributed by atoms with van der Waals surface area (Å²) >= 11 is 0. The van der Waals surface area contributed by atoms with Crippen LogP contribution in [0.2, 0.25) is 0 Å². The van der Waals surface area contributed by atoms with E-state index in [1.54, 1.807) is 6.07 Å². The number of carboxylic acid groups (broad SMARTS) is 1. The number of benzene rings is 3. The highest BCUT2D eigenvalue weighted by Gasteiger charge is 2.35. The van der Waals surface area contributed by atoms with E-state index in [9.17, 15) is 22.8 Å². The van der Waals surface area contributed by atoms with Crippen LogP contribution in [0.5, 0.6) is 11.5 Å². The van der Waals surface area contributed by atoms with Gasteiger partial charge in [-0.2, -0.15) is 13.2 Å². The Balaban J connectivity index is 1.77. The van der Waals surface area contributed by atoms with Gasteiger partial charge in [-0.3, -0.25) is 4.79 Å². The lowest BCUT2D eigenvalue weighted by Gasteiger charge is -2.19. The Morgan fingerprint density at radius 1 is 0.973 bits per heavy atom. The van der Waals surface area contributed by atoms with Crippen LogP contribution >= 0.6 is 0 Å². The molecule has 37 heavy (non-hydrogen) atoms. The molecule has 3 N–H and O–H groups in total. The summed E-state index contributed by atoms with van der Waals surface area (Å²) in [4.78, 5) is 24.3. The first-order valence-electron chi connectivity index (χ1n) is 11.2. The second kappa shape index (κ2) is 9.85. The summed E-state index contributed by atoms with van der Waals surface area (Å²) in [5.41, 5.74) is 5.79. The molecule has 0 aliphatic rings. The number of hydrogen-bond acceptors (Lipinski definition) is 4. The summed E-state index contributed by atoms with van der Waals surface area (Å²) in [7, 11) is 0. The van der Waals surface area contributed by atoms with E-state index < -0.39 is 29.0 Å². The van der Waals surface area contributed by atoms with Crippen molar-refractivity contribution in [3.8, 4) is 22.8 Å². The molecule has 0 unspecified atom stereocenters. The number of hydrogen-bond donors (Lipinski definition) is 2. The number of halogens is 3. The van der Waals surface area contributed by atoms with Gasteiger partial charge in [0.1, 0.15) is 17.2 Å². The molecule has 0 saturated heterocycles. The van der Waals surface area contributed by atoms with Crippen molar-refractivity contribution in [2.75, 3.05) is 5.73 Å². The molecule has 0 amide bonds. The van der Waals surface area contributed by atoms with Crippen LogP contribution in [0.1, 0.15) is 32.6 Å². The Morgan fingerprint density at radius 3 is 2.30 bits per heavy atom. The average molecular weight is 508 g/mol. The van der Waals surface area contributed by atoms with Crippen LogP contribution in [0.3, 0.4) is 0 Å². The summed E-state index contributed by atoms with van der Waals surface area (Å²) in [6.45, 7) is 3.82. The van der Waals surface area contributed by atoms with Crippen molar-refractivity contribution >= 4 is 11.7 Å². The van der Waals surface area contributed by atoms with Gasteiger partial charge in [-0.1, -0.05) is 29.8 Å². The van der Waals surface area contributed by atoms with Crippen molar-refractivity contribution in [2.45, 2.75) is 26.6 Å². The first-order chi connectivity index (χ1) is 17.4. The molecule has 190 valence electrons. The van der Waals surface area contributed by atoms with Gasteiger partial charge in [-0.25, -0.2) is 4.79 Å². The van der Waals surface area contributed by atoms with Gasteiger partial charge in [-0.05, 0) is 79.1 Å². The number of nitrogen functional groups attached to an aromatic ring is 1. The highest BCUT2D eigenvalue weighted by molar-refractivity contribution is 5.88. The third-order valence-electron chi connectivity index (χ3n) is 5.94. The van der Waals surface area contributed by atoms with Crippen molar-refractivity contribution in [1.82, 2.24) is 4.57 Å². The largest absolute Gasteiger partial charge is 0.478 e. The Bertz CT molecular complexity index is 1540. The van der Waals surface area contributed by atoms with E-state index in [-0.39, 0.29) is 23.6 Å². The number of anilines is 1. The van der Waals surface area contributed by atoms with Crippen molar-refractivity contribution in [3.63, 3.8) is 0 Å². The van der Waals surface area contributed by atoms with Crippen molar-refractivity contribution in [2.24, 2.45) is 0 Å². The lowest BCUT2D eigenvalue weighted by molar-refractivity contribution is -0.137. The average Bonchev–Trinajstić information content (AvgIpc) is 2.83. The zero-order valence-corrected chi connectivity index (χ0v) is 20.0. The maximum Gasteiger partial charge on any atom is 0.418 e. The summed E-state index contributed by atoms with van der Waals surface area (Å²) in [6, 6.07) is 18.5. The zero-order valence-electron chi connectivity index (χ0n) is 20.0. The number of aromatic nitrogens is 1. The second-order valence-corrected chi connectivity index (χ2v) is 8.64. The molecule has 0 atom stereocenters. The lowest BCUT2D eigenvalue weighted by Crippen LogP contribution is -2.29. The summed E-state index contributed by atoms with van der Waals surface area (Å²) in [6.07, 6.45) is -4.81. The fraction of sp³-hybridized carbons (Fsp3) is 0.143. The van der Waals surface area contributed by atoms with E-state index in [1.807, 2.05) is 32.0 Å². The van der Waals surface area contributed by atoms with Crippen LogP contribution < -0.4 is 16.0 Å². The van der Waals surface area contributed by atoms with E-state index in [1.165, 1.54) is 47.0 Å². The number of alkyl halides is 3. The summed E-state index contributed by atoms with van der Waals surface area (Å²) in [5, 5.41) is 9.15. The molecule has 4 rings (SSSR count). The van der Waals surface area contributed by atoms with E-state index in [0.29, 0.717) is 11.3 Å². The van der Waals surface area contributed by atoms with Crippen LogP contribution in [0.25, 0.3) is 11.3 Å². The Morgan fingerprint density at radius 2 is 1.68 bits per heavy atom. The van der Waals surface area contributed by atoms with Gasteiger partial charge < -0.3 is 20.1 Å². The predicted octanol–water partition coefficient (Wildman–Crippen LogP) is 6.27. The van der Waals surface area contributed by atoms with Crippen LogP contribution in [-0.4, -0.2) is 15.6 Å². The predicted molar refractivity (Wildman–Crippen MR) is 134 cm³/mol. The molecule has 1 aromatic heterocycles. The first-order valence-corrected chi connectivity index (χ1v) is 11.2. The molecule has 0 aliphatic heterocycles. The summed E-state index contributed by atoms with van der Waals surface area (Å²) in [5.74, 6) is -0.487. The van der Waals surface area contributed by atoms with Crippen LogP contribution in [0, 0.1) is 13.8 Å². The van der Waals surface area contributed by atoms with Crippen molar-refractivity contribution in [3.05, 3.63) is 111 Å². The van der Waals surface area contributed by atoms with Gasteiger partial charge in [0, 0.05) is 0 Å². The molecule has 0 saturated carbocycles. The van der Waals surface area contributed by atoms with Gasteiger partial charge in [-0.15, -0.1) is 0 Å². The number of carbonyl (C=O) groups is 1. The molecule has 0 fully saturated rings. The maximum atomic E-state index is 13.7. The molecule has 0 aliphatic carbocycles. The molecular formula is C28H23F3N2O4. The number of nitrogens with zero attached hydrogens (tertiary/aromatic N) is 1. The quantitative estimate of drug-likeness (QED) is 0.320. The lowest BCUT2D eigenvalue weighted by atomic mass is 10.0. The standard InChI is InChI=1S/C28H23F3N2O4/c1-16-6-7-20(17(2)12-16)15-33-24(14-23(28(29,30)31)25(32)26(33)34)18-8-10-21(11-9-18)37-22-5-3-4-19(13-22)27(35)36/h3-14H,15,32H2,1-2H3,(H,35,36). The first kappa shape index (κ1) is 25.6. The SMILES string of the molecule is Cc1ccc(Cn2c(-c3ccc(Oc4cccc(C(=O)O)c4)cc3)cc(C(F)(F)F)c(N)c2=O)c(C)c1. The smallest absolute Gasteiger partial charge is 0.418 e. The molecule has 0 radical (unpaired) electrons. The Labute approximate surface area is 210 Å². The fourth-order valence-electron chi connectivity index (χ4n) is 4.01. The van der Waals surface area contributed by atoms with Gasteiger partial charge >= 0.3 is 12.1 Å². The van der Waals surface area contributed by atoms with Crippen molar-refractivity contribution in [1.29, 1.82) is 0 Å². The minimum atomic E-state index is -4.81. The minimum absolute atomic E-state index is 0.0306. The molecule has 0 spiro atoms. The number of aromatic carboxylic acids is 1. The van der Waals surface area contributed by atoms with E-state index in [2.05, 4.69) is 0 Å². The Hall–Kier alpha value is -4.53. The van der Waals surface area contributed by atoms with Gasteiger partial charge in [0.2, 0.25) is 0 Å². The van der Waals surface area contributed by atoms with Crippen LogP contribution in [0.15, 0.2) is 77.6 Å². The molecule has 3 aromatic carbocycles. The van der Waals surface area contributed by atoms with E-state index >= 15 is 0 Å². The molecule has 9 heteroatoms. The number of rotatable bonds is 6. The number of nitrogens with two attached hydrogens (primary N) is 1. The normalized spacial score (nSPS) is 11.4. The number of pyridine rings is 1. The van der Waals surface area contributed by atoms with E-state index in [4.69, 9.17) is 15.6 Å². The van der Waals surface area contributed by atoms with Gasteiger partial charge in [0.15, 0.2) is 0 Å². The Kier molecular flexibility index (Phi) is 6.80. The van der Waals surface area contributed by atoms with Crippen molar-refractivity contribution < 1.29 is 27.8 Å². The number of carboxylic acids is 1. The molecule has 6 nitrogen and oxygen atoms in total. The molecule has 4 aromatic rings. The maximum absolute atomic E-state index is 13.7. The monoisotopic (exact) mass is 508 g/mol. The van der Waals surface area contributed by atoms with E-state index in [0.717, 1.165) is 22.8 Å². The molecular weight excluding hydrogens is 485 g/mol. The van der Waals surface area contributed by atoms with Crippen LogP contribution in [-0.2, 0) is 12.7 Å². The minimum Gasteiger partial charge on any atom is -0.478 e. The zero-order chi connectivity index (χ0) is 26.9. The summed E-state index contributed by atoms with van der Waals surface area (Å²) < 4.78 is 48.0. The van der Waals surface area contributed by atoms with Gasteiger partial charge in [0.05, 0.1) is 23.4 Å².